The van der Waals surface area contributed by atoms with E-state index in [1.807, 2.05) is 45.0 Å². The van der Waals surface area contributed by atoms with Crippen molar-refractivity contribution in [2.75, 3.05) is 27.2 Å². The van der Waals surface area contributed by atoms with Gasteiger partial charge >= 0.3 is 5.97 Å². The quantitative estimate of drug-likeness (QED) is 0.697. The Hall–Kier alpha value is -2.12. The van der Waals surface area contributed by atoms with E-state index in [0.717, 1.165) is 16.2 Å². The van der Waals surface area contributed by atoms with Crippen LogP contribution in [0, 0.1) is 5.82 Å². The molecule has 152 valence electrons. The average Bonchev–Trinajstić information content (AvgIpc) is 2.75. The predicted molar refractivity (Wildman–Crippen MR) is 110 cm³/mol. The minimum Gasteiger partial charge on any atom is -0.451 e. The maximum Gasteiger partial charge on any atom is 0.303 e. The van der Waals surface area contributed by atoms with Crippen LogP contribution in [-0.2, 0) is 14.3 Å². The average molecular weight is 407 g/mol. The van der Waals surface area contributed by atoms with E-state index in [-0.39, 0.29) is 11.7 Å². The molecule has 1 aromatic carbocycles. The van der Waals surface area contributed by atoms with E-state index in [1.165, 1.54) is 30.8 Å². The number of esters is 1. The molecule has 0 aliphatic carbocycles. The van der Waals surface area contributed by atoms with Gasteiger partial charge in [-0.25, -0.2) is 4.39 Å². The smallest absolute Gasteiger partial charge is 0.303 e. The van der Waals surface area contributed by atoms with Gasteiger partial charge in [0.2, 0.25) is 0 Å². The molecule has 0 spiro atoms. The van der Waals surface area contributed by atoms with Gasteiger partial charge in [-0.15, -0.1) is 11.8 Å². The SMILES string of the molecule is C/C=C1/S[C@@H](c2ccc(F)cc2)C(OC(C)=O)C(=O)N(CCN(C)C)/C1=C/C. The maximum atomic E-state index is 13.4. The molecule has 2 rings (SSSR count). The Bertz CT molecular complexity index is 774. The van der Waals surface area contributed by atoms with Gasteiger partial charge in [0.1, 0.15) is 5.82 Å². The van der Waals surface area contributed by atoms with E-state index in [4.69, 9.17) is 4.74 Å². The van der Waals surface area contributed by atoms with Crippen LogP contribution in [0.1, 0.15) is 31.6 Å². The van der Waals surface area contributed by atoms with Crippen LogP contribution in [0.25, 0.3) is 0 Å². The second kappa shape index (κ2) is 9.89. The summed E-state index contributed by atoms with van der Waals surface area (Å²) in [7, 11) is 3.88. The van der Waals surface area contributed by atoms with Crippen molar-refractivity contribution in [2.45, 2.75) is 32.1 Å². The van der Waals surface area contributed by atoms with E-state index in [1.54, 1.807) is 17.0 Å². The van der Waals surface area contributed by atoms with Crippen molar-refractivity contribution in [3.05, 3.63) is 58.4 Å². The van der Waals surface area contributed by atoms with Crippen molar-refractivity contribution < 1.29 is 18.7 Å². The normalized spacial score (nSPS) is 23.4. The molecule has 1 aliphatic rings. The van der Waals surface area contributed by atoms with Gasteiger partial charge in [0.25, 0.3) is 5.91 Å². The third kappa shape index (κ3) is 5.23. The number of thioether (sulfide) groups is 1. The molecule has 1 aromatic rings. The van der Waals surface area contributed by atoms with E-state index >= 15 is 0 Å². The summed E-state index contributed by atoms with van der Waals surface area (Å²) in [5.41, 5.74) is 1.52. The first-order chi connectivity index (χ1) is 13.3. The van der Waals surface area contributed by atoms with Gasteiger partial charge in [0.05, 0.1) is 10.9 Å². The number of hydrogen-bond donors (Lipinski definition) is 0. The molecule has 1 amide bonds. The van der Waals surface area contributed by atoms with Gasteiger partial charge in [-0.2, -0.15) is 0 Å². The van der Waals surface area contributed by atoms with Crippen LogP contribution < -0.4 is 0 Å². The summed E-state index contributed by atoms with van der Waals surface area (Å²) in [4.78, 5) is 29.8. The Morgan fingerprint density at radius 3 is 2.39 bits per heavy atom. The van der Waals surface area contributed by atoms with Gasteiger partial charge in [-0.05, 0) is 45.6 Å². The zero-order valence-electron chi connectivity index (χ0n) is 16.9. The van der Waals surface area contributed by atoms with Gasteiger partial charge in [-0.1, -0.05) is 24.3 Å². The molecule has 1 saturated heterocycles. The molecule has 1 fully saturated rings. The number of benzene rings is 1. The van der Waals surface area contributed by atoms with Crippen molar-refractivity contribution in [2.24, 2.45) is 0 Å². The monoisotopic (exact) mass is 406 g/mol. The Morgan fingerprint density at radius 2 is 1.89 bits per heavy atom. The van der Waals surface area contributed by atoms with E-state index in [9.17, 15) is 14.0 Å². The Kier molecular flexibility index (Phi) is 7.83. The lowest BCUT2D eigenvalue weighted by Crippen LogP contribution is -2.43. The fraction of sp³-hybridized carbons (Fsp3) is 0.429. The zero-order valence-corrected chi connectivity index (χ0v) is 17.8. The standard InChI is InChI=1S/C21H27FN2O3S/c1-6-17-18(7-2)28-20(15-8-10-16(22)11-9-15)19(27-14(3)25)21(26)24(17)13-12-23(4)5/h6-11,19-20H,12-13H2,1-5H3/b17-6+,18-7+/t19?,20-/m0/s1. The number of hydrogen-bond acceptors (Lipinski definition) is 5. The van der Waals surface area contributed by atoms with Crippen molar-refractivity contribution in [3.63, 3.8) is 0 Å². The number of amides is 1. The molecule has 1 heterocycles. The lowest BCUT2D eigenvalue weighted by atomic mass is 10.1. The molecular weight excluding hydrogens is 379 g/mol. The topological polar surface area (TPSA) is 49.9 Å². The fourth-order valence-electron chi connectivity index (χ4n) is 3.02. The number of carbonyl (C=O) groups excluding carboxylic acids is 2. The van der Waals surface area contributed by atoms with Crippen LogP contribution in [0.5, 0.6) is 0 Å². The first-order valence-electron chi connectivity index (χ1n) is 9.17. The summed E-state index contributed by atoms with van der Waals surface area (Å²) in [6.45, 7) is 6.22. The number of rotatable bonds is 5. The third-order valence-electron chi connectivity index (χ3n) is 4.38. The largest absolute Gasteiger partial charge is 0.451 e. The van der Waals surface area contributed by atoms with Gasteiger partial charge < -0.3 is 14.5 Å². The first kappa shape index (κ1) is 22.2. The van der Waals surface area contributed by atoms with E-state index in [2.05, 4.69) is 0 Å². The molecule has 5 nitrogen and oxygen atoms in total. The van der Waals surface area contributed by atoms with E-state index < -0.39 is 17.3 Å². The molecule has 1 aliphatic heterocycles. The van der Waals surface area contributed by atoms with Crippen LogP contribution in [0.4, 0.5) is 4.39 Å². The molecule has 28 heavy (non-hydrogen) atoms. The number of carbonyl (C=O) groups is 2. The highest BCUT2D eigenvalue weighted by atomic mass is 32.2. The lowest BCUT2D eigenvalue weighted by Gasteiger charge is -2.28. The molecule has 0 radical (unpaired) electrons. The van der Waals surface area contributed by atoms with Gasteiger partial charge in [0, 0.05) is 24.9 Å². The summed E-state index contributed by atoms with van der Waals surface area (Å²) in [6.07, 6.45) is 2.85. The van der Waals surface area contributed by atoms with Gasteiger partial charge in [0.15, 0.2) is 6.10 Å². The number of ether oxygens (including phenoxy) is 1. The van der Waals surface area contributed by atoms with E-state index in [0.29, 0.717) is 13.1 Å². The molecule has 1 unspecified atom stereocenters. The molecular formula is C21H27FN2O3S. The van der Waals surface area contributed by atoms with Crippen molar-refractivity contribution in [1.29, 1.82) is 0 Å². The maximum absolute atomic E-state index is 13.4. The lowest BCUT2D eigenvalue weighted by molar-refractivity contribution is -0.157. The molecule has 2 atom stereocenters. The van der Waals surface area contributed by atoms with Crippen molar-refractivity contribution >= 4 is 23.6 Å². The Balaban J connectivity index is 2.55. The number of likely N-dealkylation sites (N-methyl/N-ethyl adjacent to an activating group) is 1. The first-order valence-corrected chi connectivity index (χ1v) is 10.0. The second-order valence-corrected chi connectivity index (χ2v) is 7.92. The molecule has 0 N–H and O–H groups in total. The third-order valence-corrected chi connectivity index (χ3v) is 5.85. The second-order valence-electron chi connectivity index (χ2n) is 6.74. The van der Waals surface area contributed by atoms with Crippen LogP contribution in [0.15, 0.2) is 47.0 Å². The van der Waals surface area contributed by atoms with Crippen LogP contribution in [0.2, 0.25) is 0 Å². The highest BCUT2D eigenvalue weighted by Crippen LogP contribution is 2.45. The predicted octanol–water partition coefficient (Wildman–Crippen LogP) is 3.74. The van der Waals surface area contributed by atoms with Gasteiger partial charge in [-0.3, -0.25) is 9.59 Å². The molecule has 0 aromatic heterocycles. The number of halogens is 1. The molecule has 0 saturated carbocycles. The summed E-state index contributed by atoms with van der Waals surface area (Å²) in [5, 5.41) is -0.470. The Morgan fingerprint density at radius 1 is 1.25 bits per heavy atom. The van der Waals surface area contributed by atoms with Crippen LogP contribution in [-0.4, -0.2) is 55.0 Å². The zero-order chi connectivity index (χ0) is 20.8. The van der Waals surface area contributed by atoms with Crippen molar-refractivity contribution in [1.82, 2.24) is 9.80 Å². The molecule has 0 bridgehead atoms. The number of allylic oxidation sites excluding steroid dienone is 2. The summed E-state index contributed by atoms with van der Waals surface area (Å²) in [6, 6.07) is 5.97. The fourth-order valence-corrected chi connectivity index (χ4v) is 4.37. The highest BCUT2D eigenvalue weighted by Gasteiger charge is 2.41. The molecule has 7 heteroatoms. The minimum atomic E-state index is -0.998. The number of nitrogens with zero attached hydrogens (tertiary/aromatic N) is 2. The Labute approximate surface area is 170 Å². The van der Waals surface area contributed by atoms with Crippen LogP contribution in [0.3, 0.4) is 0 Å². The van der Waals surface area contributed by atoms with Crippen LogP contribution >= 0.6 is 11.8 Å². The summed E-state index contributed by atoms with van der Waals surface area (Å²) >= 11 is 1.45. The van der Waals surface area contributed by atoms with Crippen molar-refractivity contribution in [3.8, 4) is 0 Å². The minimum absolute atomic E-state index is 0.274. The summed E-state index contributed by atoms with van der Waals surface area (Å²) < 4.78 is 18.9. The summed E-state index contributed by atoms with van der Waals surface area (Å²) in [5.74, 6) is -1.15. The highest BCUT2D eigenvalue weighted by molar-refractivity contribution is 8.03.